The minimum atomic E-state index is -0.180. The van der Waals surface area contributed by atoms with Crippen molar-refractivity contribution < 1.29 is 14.3 Å². The predicted molar refractivity (Wildman–Crippen MR) is 104 cm³/mol. The summed E-state index contributed by atoms with van der Waals surface area (Å²) in [6.45, 7) is 6.97. The van der Waals surface area contributed by atoms with Gasteiger partial charge in [0.2, 0.25) is 0 Å². The number of ether oxygens (including phenoxy) is 2. The average Bonchev–Trinajstić information content (AvgIpc) is 3.02. The number of hydrogen-bond acceptors (Lipinski definition) is 4. The number of methoxy groups -OCH3 is 2. The molecule has 0 radical (unpaired) electrons. The van der Waals surface area contributed by atoms with Gasteiger partial charge in [0.05, 0.1) is 19.8 Å². The van der Waals surface area contributed by atoms with Crippen molar-refractivity contribution in [2.75, 3.05) is 20.8 Å². The molecule has 1 aliphatic rings. The van der Waals surface area contributed by atoms with Crippen LogP contribution in [0.25, 0.3) is 5.76 Å². The maximum atomic E-state index is 6.40. The Balaban J connectivity index is 2.11. The first kappa shape index (κ1) is 18.5. The highest BCUT2D eigenvalue weighted by Crippen LogP contribution is 2.45. The molecule has 0 spiro atoms. The van der Waals surface area contributed by atoms with Crippen LogP contribution in [0.3, 0.4) is 0 Å². The van der Waals surface area contributed by atoms with Crippen LogP contribution >= 0.6 is 0 Å². The summed E-state index contributed by atoms with van der Waals surface area (Å²) in [6, 6.07) is 18.3. The van der Waals surface area contributed by atoms with Crippen molar-refractivity contribution in [3.63, 3.8) is 0 Å². The molecule has 26 heavy (non-hydrogen) atoms. The second-order valence-electron chi connectivity index (χ2n) is 7.42. The van der Waals surface area contributed by atoms with Crippen LogP contribution in [0.4, 0.5) is 0 Å². The van der Waals surface area contributed by atoms with Gasteiger partial charge in [-0.3, -0.25) is 0 Å². The van der Waals surface area contributed by atoms with Crippen molar-refractivity contribution in [2.45, 2.75) is 32.4 Å². The number of hydroxylamine groups is 2. The van der Waals surface area contributed by atoms with E-state index in [0.717, 1.165) is 28.2 Å². The fraction of sp³-hybridized carbons (Fsp3) is 0.364. The van der Waals surface area contributed by atoms with Crippen LogP contribution in [0.1, 0.15) is 37.9 Å². The molecule has 4 heteroatoms. The average molecular weight is 353 g/mol. The molecule has 138 valence electrons. The normalized spacial score (nSPS) is 18.1. The van der Waals surface area contributed by atoms with Crippen molar-refractivity contribution in [3.05, 3.63) is 71.3 Å². The van der Waals surface area contributed by atoms with Gasteiger partial charge in [-0.05, 0) is 38.5 Å². The van der Waals surface area contributed by atoms with E-state index < -0.39 is 0 Å². The lowest BCUT2D eigenvalue weighted by Gasteiger charge is -2.36. The van der Waals surface area contributed by atoms with E-state index in [9.17, 15) is 0 Å². The fourth-order valence-corrected chi connectivity index (χ4v) is 3.25. The molecule has 1 unspecified atom stereocenters. The molecule has 2 aromatic rings. The lowest BCUT2D eigenvalue weighted by molar-refractivity contribution is -0.158. The van der Waals surface area contributed by atoms with Crippen molar-refractivity contribution >= 4 is 5.76 Å². The van der Waals surface area contributed by atoms with E-state index in [1.807, 2.05) is 30.3 Å². The summed E-state index contributed by atoms with van der Waals surface area (Å²) >= 11 is 0. The molecule has 0 aromatic heterocycles. The zero-order valence-corrected chi connectivity index (χ0v) is 16.2. The Morgan fingerprint density at radius 3 is 2.15 bits per heavy atom. The molecular weight excluding hydrogens is 326 g/mol. The Morgan fingerprint density at radius 1 is 0.962 bits per heavy atom. The maximum Gasteiger partial charge on any atom is 0.158 e. The zero-order chi connectivity index (χ0) is 18.7. The Kier molecular flexibility index (Phi) is 5.35. The topological polar surface area (TPSA) is 30.9 Å². The van der Waals surface area contributed by atoms with Gasteiger partial charge in [0.15, 0.2) is 5.76 Å². The van der Waals surface area contributed by atoms with Gasteiger partial charge < -0.3 is 14.3 Å². The molecule has 0 aliphatic carbocycles. The lowest BCUT2D eigenvalue weighted by Crippen LogP contribution is -2.41. The van der Waals surface area contributed by atoms with Crippen LogP contribution in [-0.4, -0.2) is 31.4 Å². The monoisotopic (exact) mass is 353 g/mol. The van der Waals surface area contributed by atoms with Crippen LogP contribution < -0.4 is 4.74 Å². The molecule has 2 aromatic carbocycles. The highest BCUT2D eigenvalue weighted by Gasteiger charge is 2.42. The first-order chi connectivity index (χ1) is 12.5. The summed E-state index contributed by atoms with van der Waals surface area (Å²) in [5, 5.41) is 2.06. The molecule has 0 saturated heterocycles. The molecule has 3 rings (SSSR count). The van der Waals surface area contributed by atoms with Gasteiger partial charge in [-0.2, -0.15) is 0 Å². The van der Waals surface area contributed by atoms with Crippen LogP contribution in [0, 0.1) is 0 Å². The second-order valence-corrected chi connectivity index (χ2v) is 7.42. The zero-order valence-electron chi connectivity index (χ0n) is 16.2. The summed E-state index contributed by atoms with van der Waals surface area (Å²) < 4.78 is 10.9. The van der Waals surface area contributed by atoms with Crippen molar-refractivity contribution in [2.24, 2.45) is 0 Å². The molecular formula is C22H27NO3. The van der Waals surface area contributed by atoms with Gasteiger partial charge in [-0.15, -0.1) is 5.06 Å². The van der Waals surface area contributed by atoms with Crippen LogP contribution in [0.5, 0.6) is 5.75 Å². The molecule has 0 amide bonds. The molecule has 0 bridgehead atoms. The van der Waals surface area contributed by atoms with E-state index in [2.05, 4.69) is 50.1 Å². The number of nitrogens with zero attached hydrogens (tertiary/aromatic N) is 1. The van der Waals surface area contributed by atoms with E-state index in [1.165, 1.54) is 0 Å². The molecule has 0 fully saturated rings. The van der Waals surface area contributed by atoms with E-state index in [-0.39, 0.29) is 11.6 Å². The minimum absolute atomic E-state index is 0.0175. The third-order valence-electron chi connectivity index (χ3n) is 4.47. The number of hydrogen-bond donors (Lipinski definition) is 0. The van der Waals surface area contributed by atoms with Crippen molar-refractivity contribution in [3.8, 4) is 5.75 Å². The van der Waals surface area contributed by atoms with Crippen LogP contribution in [0.15, 0.2) is 60.2 Å². The molecule has 4 nitrogen and oxygen atoms in total. The molecule has 1 heterocycles. The Bertz CT molecular complexity index is 760. The third-order valence-corrected chi connectivity index (χ3v) is 4.47. The maximum absolute atomic E-state index is 6.40. The smallest absolute Gasteiger partial charge is 0.158 e. The lowest BCUT2D eigenvalue weighted by atomic mass is 9.94. The number of rotatable bonds is 5. The quantitative estimate of drug-likeness (QED) is 0.770. The van der Waals surface area contributed by atoms with Gasteiger partial charge in [0.25, 0.3) is 0 Å². The van der Waals surface area contributed by atoms with Crippen molar-refractivity contribution in [1.29, 1.82) is 0 Å². The third kappa shape index (κ3) is 3.62. The largest absolute Gasteiger partial charge is 0.497 e. The highest BCUT2D eigenvalue weighted by molar-refractivity contribution is 5.67. The Morgan fingerprint density at radius 2 is 1.62 bits per heavy atom. The SMILES string of the molecule is COCC1=C(c2ccccc2)ON(C(C)(C)C)C1c1ccc(OC)cc1. The van der Waals surface area contributed by atoms with Gasteiger partial charge in [0, 0.05) is 23.8 Å². The highest BCUT2D eigenvalue weighted by atomic mass is 16.7. The summed E-state index contributed by atoms with van der Waals surface area (Å²) in [4.78, 5) is 6.40. The molecule has 0 saturated carbocycles. The van der Waals surface area contributed by atoms with Gasteiger partial charge >= 0.3 is 0 Å². The van der Waals surface area contributed by atoms with E-state index in [4.69, 9.17) is 14.3 Å². The minimum Gasteiger partial charge on any atom is -0.497 e. The fourth-order valence-electron chi connectivity index (χ4n) is 3.25. The van der Waals surface area contributed by atoms with Gasteiger partial charge in [-0.25, -0.2) is 0 Å². The van der Waals surface area contributed by atoms with Gasteiger partial charge in [-0.1, -0.05) is 42.5 Å². The summed E-state index contributed by atoms with van der Waals surface area (Å²) in [7, 11) is 3.40. The second kappa shape index (κ2) is 7.52. The summed E-state index contributed by atoms with van der Waals surface area (Å²) in [6.07, 6.45) is 0. The predicted octanol–water partition coefficient (Wildman–Crippen LogP) is 4.84. The molecule has 0 N–H and O–H groups in total. The molecule has 1 aliphatic heterocycles. The molecule has 1 atom stereocenters. The van der Waals surface area contributed by atoms with Crippen LogP contribution in [0.2, 0.25) is 0 Å². The standard InChI is InChI=1S/C22H27NO3/c1-22(2,3)23-20(16-11-13-18(25-5)14-12-16)19(15-24-4)21(26-23)17-9-7-6-8-10-17/h6-14,20H,15H2,1-5H3. The van der Waals surface area contributed by atoms with Gasteiger partial charge in [0.1, 0.15) is 5.75 Å². The van der Waals surface area contributed by atoms with E-state index in [1.54, 1.807) is 14.2 Å². The first-order valence-electron chi connectivity index (χ1n) is 8.84. The Hall–Kier alpha value is -2.30. The first-order valence-corrected chi connectivity index (χ1v) is 8.84. The van der Waals surface area contributed by atoms with E-state index >= 15 is 0 Å². The van der Waals surface area contributed by atoms with E-state index in [0.29, 0.717) is 6.61 Å². The number of benzene rings is 2. The Labute approximate surface area is 155 Å². The van der Waals surface area contributed by atoms with Crippen molar-refractivity contribution in [1.82, 2.24) is 5.06 Å². The summed E-state index contributed by atoms with van der Waals surface area (Å²) in [5.41, 5.74) is 3.16. The summed E-state index contributed by atoms with van der Waals surface area (Å²) in [5.74, 6) is 1.72. The van der Waals surface area contributed by atoms with Crippen LogP contribution in [-0.2, 0) is 9.57 Å².